The first-order valence-electron chi connectivity index (χ1n) is 7.11. The minimum atomic E-state index is -0.194. The van der Waals surface area contributed by atoms with Crippen molar-refractivity contribution >= 4 is 29.0 Å². The smallest absolute Gasteiger partial charge is 0.233 e. The van der Waals surface area contributed by atoms with Gasteiger partial charge in [0.2, 0.25) is 5.91 Å². The molecule has 0 radical (unpaired) electrons. The van der Waals surface area contributed by atoms with Gasteiger partial charge in [-0.3, -0.25) is 4.79 Å². The first kappa shape index (κ1) is 17.6. The standard InChI is InChI=1S/C16H20N2O3S2/c1-10-9-22-16(18-10)23-11(2)15(19)17-8-12-5-6-13(20-3)14(7-12)21-4/h5-7,9,11H,8H2,1-4H3,(H,17,19)/t11-/m1/s1. The first-order chi connectivity index (χ1) is 11.0. The van der Waals surface area contributed by atoms with Crippen molar-refractivity contribution in [1.82, 2.24) is 10.3 Å². The topological polar surface area (TPSA) is 60.5 Å². The number of amides is 1. The predicted octanol–water partition coefficient (Wildman–Crippen LogP) is 3.27. The first-order valence-corrected chi connectivity index (χ1v) is 8.86. The lowest BCUT2D eigenvalue weighted by molar-refractivity contribution is -0.120. The van der Waals surface area contributed by atoms with Crippen LogP contribution in [0.25, 0.3) is 0 Å². The van der Waals surface area contributed by atoms with E-state index in [2.05, 4.69) is 10.3 Å². The lowest BCUT2D eigenvalue weighted by Gasteiger charge is -2.12. The fourth-order valence-corrected chi connectivity index (χ4v) is 3.92. The largest absolute Gasteiger partial charge is 0.493 e. The molecule has 1 N–H and O–H groups in total. The van der Waals surface area contributed by atoms with Crippen molar-refractivity contribution in [2.45, 2.75) is 30.0 Å². The van der Waals surface area contributed by atoms with Gasteiger partial charge in [0.25, 0.3) is 0 Å². The van der Waals surface area contributed by atoms with Crippen molar-refractivity contribution in [2.75, 3.05) is 14.2 Å². The second-order valence-electron chi connectivity index (χ2n) is 4.92. The predicted molar refractivity (Wildman–Crippen MR) is 93.6 cm³/mol. The van der Waals surface area contributed by atoms with Gasteiger partial charge in [0.1, 0.15) is 0 Å². The number of benzene rings is 1. The van der Waals surface area contributed by atoms with Crippen LogP contribution < -0.4 is 14.8 Å². The third kappa shape index (κ3) is 4.87. The highest BCUT2D eigenvalue weighted by molar-refractivity contribution is 8.02. The zero-order chi connectivity index (χ0) is 16.8. The number of ether oxygens (including phenoxy) is 2. The Kier molecular flexibility index (Phi) is 6.29. The second-order valence-corrected chi connectivity index (χ2v) is 7.37. The van der Waals surface area contributed by atoms with Gasteiger partial charge in [-0.1, -0.05) is 17.8 Å². The molecule has 1 aromatic heterocycles. The number of thiazole rings is 1. The van der Waals surface area contributed by atoms with Crippen LogP contribution in [0.5, 0.6) is 11.5 Å². The number of nitrogens with one attached hydrogen (secondary N) is 1. The summed E-state index contributed by atoms with van der Waals surface area (Å²) < 4.78 is 11.4. The molecule has 7 heteroatoms. The summed E-state index contributed by atoms with van der Waals surface area (Å²) in [7, 11) is 3.19. The lowest BCUT2D eigenvalue weighted by Crippen LogP contribution is -2.30. The summed E-state index contributed by atoms with van der Waals surface area (Å²) in [6.07, 6.45) is 0. The molecule has 0 aliphatic carbocycles. The highest BCUT2D eigenvalue weighted by atomic mass is 32.2. The van der Waals surface area contributed by atoms with Crippen molar-refractivity contribution < 1.29 is 14.3 Å². The molecule has 23 heavy (non-hydrogen) atoms. The Morgan fingerprint density at radius 3 is 2.70 bits per heavy atom. The number of hydrogen-bond donors (Lipinski definition) is 1. The van der Waals surface area contributed by atoms with Crippen molar-refractivity contribution in [3.63, 3.8) is 0 Å². The highest BCUT2D eigenvalue weighted by Gasteiger charge is 2.16. The summed E-state index contributed by atoms with van der Waals surface area (Å²) in [5, 5.41) is 4.72. The Morgan fingerprint density at radius 1 is 1.35 bits per heavy atom. The number of rotatable bonds is 7. The van der Waals surface area contributed by atoms with Crippen molar-refractivity contribution in [1.29, 1.82) is 0 Å². The zero-order valence-corrected chi connectivity index (χ0v) is 15.2. The average molecular weight is 352 g/mol. The molecule has 1 atom stereocenters. The molecule has 1 heterocycles. The Hall–Kier alpha value is -1.73. The number of aryl methyl sites for hydroxylation is 1. The van der Waals surface area contributed by atoms with Gasteiger partial charge < -0.3 is 14.8 Å². The van der Waals surface area contributed by atoms with Crippen LogP contribution in [0.4, 0.5) is 0 Å². The van der Waals surface area contributed by atoms with E-state index in [9.17, 15) is 4.79 Å². The van der Waals surface area contributed by atoms with Crippen LogP contribution in [0, 0.1) is 6.92 Å². The lowest BCUT2D eigenvalue weighted by atomic mass is 10.2. The van der Waals surface area contributed by atoms with Crippen LogP contribution in [0.3, 0.4) is 0 Å². The molecule has 0 spiro atoms. The molecule has 1 amide bonds. The number of thioether (sulfide) groups is 1. The number of hydrogen-bond acceptors (Lipinski definition) is 6. The molecule has 2 rings (SSSR count). The van der Waals surface area contributed by atoms with Crippen LogP contribution in [-0.4, -0.2) is 30.4 Å². The van der Waals surface area contributed by atoms with Crippen LogP contribution in [-0.2, 0) is 11.3 Å². The van der Waals surface area contributed by atoms with Gasteiger partial charge in [-0.15, -0.1) is 11.3 Å². The number of carbonyl (C=O) groups is 1. The maximum atomic E-state index is 12.2. The second kappa shape index (κ2) is 8.21. The van der Waals surface area contributed by atoms with Crippen molar-refractivity contribution in [2.24, 2.45) is 0 Å². The van der Waals surface area contributed by atoms with E-state index in [4.69, 9.17) is 9.47 Å². The maximum absolute atomic E-state index is 12.2. The van der Waals surface area contributed by atoms with E-state index in [1.54, 1.807) is 25.6 Å². The summed E-state index contributed by atoms with van der Waals surface area (Å²) >= 11 is 3.03. The van der Waals surface area contributed by atoms with E-state index < -0.39 is 0 Å². The quantitative estimate of drug-likeness (QED) is 0.775. The maximum Gasteiger partial charge on any atom is 0.233 e. The van der Waals surface area contributed by atoms with Crippen molar-refractivity contribution in [3.8, 4) is 11.5 Å². The van der Waals surface area contributed by atoms with E-state index in [-0.39, 0.29) is 11.2 Å². The molecular weight excluding hydrogens is 332 g/mol. The van der Waals surface area contributed by atoms with Crippen LogP contribution >= 0.6 is 23.1 Å². The monoisotopic (exact) mass is 352 g/mol. The Morgan fingerprint density at radius 2 is 2.09 bits per heavy atom. The van der Waals surface area contributed by atoms with Gasteiger partial charge in [-0.25, -0.2) is 4.98 Å². The number of nitrogens with zero attached hydrogens (tertiary/aromatic N) is 1. The van der Waals surface area contributed by atoms with Gasteiger partial charge >= 0.3 is 0 Å². The minimum Gasteiger partial charge on any atom is -0.493 e. The molecule has 124 valence electrons. The average Bonchev–Trinajstić information content (AvgIpc) is 2.96. The van der Waals surface area contributed by atoms with E-state index in [0.717, 1.165) is 15.6 Å². The molecule has 5 nitrogen and oxygen atoms in total. The molecule has 0 bridgehead atoms. The number of methoxy groups -OCH3 is 2. The Balaban J connectivity index is 1.90. The summed E-state index contributed by atoms with van der Waals surface area (Å²) in [6.45, 7) is 4.27. The van der Waals surface area contributed by atoms with E-state index >= 15 is 0 Å². The number of carbonyl (C=O) groups excluding carboxylic acids is 1. The molecule has 0 unspecified atom stereocenters. The van der Waals surface area contributed by atoms with E-state index in [0.29, 0.717) is 18.0 Å². The van der Waals surface area contributed by atoms with Gasteiger partial charge in [0, 0.05) is 17.6 Å². The van der Waals surface area contributed by atoms with Crippen LogP contribution in [0.15, 0.2) is 27.9 Å². The molecule has 0 saturated carbocycles. The van der Waals surface area contributed by atoms with Gasteiger partial charge in [-0.05, 0) is 31.5 Å². The van der Waals surface area contributed by atoms with Crippen LogP contribution in [0.1, 0.15) is 18.2 Å². The van der Waals surface area contributed by atoms with E-state index in [1.807, 2.05) is 37.4 Å². The summed E-state index contributed by atoms with van der Waals surface area (Å²) in [6, 6.07) is 5.60. The molecule has 0 saturated heterocycles. The summed E-state index contributed by atoms with van der Waals surface area (Å²) in [4.78, 5) is 16.6. The third-order valence-electron chi connectivity index (χ3n) is 3.16. The molecular formula is C16H20N2O3S2. The minimum absolute atomic E-state index is 0.0161. The van der Waals surface area contributed by atoms with Crippen molar-refractivity contribution in [3.05, 3.63) is 34.8 Å². The fraction of sp³-hybridized carbons (Fsp3) is 0.375. The normalized spacial score (nSPS) is 11.8. The van der Waals surface area contributed by atoms with Gasteiger partial charge in [0.15, 0.2) is 15.8 Å². The van der Waals surface area contributed by atoms with Crippen LogP contribution in [0.2, 0.25) is 0 Å². The Labute approximate surface area is 144 Å². The SMILES string of the molecule is COc1ccc(CNC(=O)[C@@H](C)Sc2nc(C)cs2)cc1OC. The highest BCUT2D eigenvalue weighted by Crippen LogP contribution is 2.28. The molecule has 0 fully saturated rings. The van der Waals surface area contributed by atoms with E-state index in [1.165, 1.54) is 11.8 Å². The summed E-state index contributed by atoms with van der Waals surface area (Å²) in [5.41, 5.74) is 1.94. The number of aromatic nitrogens is 1. The Bertz CT molecular complexity index is 673. The molecule has 2 aromatic rings. The fourth-order valence-electron chi connectivity index (χ4n) is 1.91. The van der Waals surface area contributed by atoms with Gasteiger partial charge in [-0.2, -0.15) is 0 Å². The third-order valence-corrected chi connectivity index (χ3v) is 5.35. The molecule has 0 aliphatic rings. The molecule has 1 aromatic carbocycles. The zero-order valence-electron chi connectivity index (χ0n) is 13.6. The summed E-state index contributed by atoms with van der Waals surface area (Å²) in [5.74, 6) is 1.31. The van der Waals surface area contributed by atoms with Gasteiger partial charge in [0.05, 0.1) is 19.5 Å². The molecule has 0 aliphatic heterocycles.